The van der Waals surface area contributed by atoms with Crippen LogP contribution in [-0.4, -0.2) is 88.0 Å². The van der Waals surface area contributed by atoms with Gasteiger partial charge in [-0.15, -0.1) is 0 Å². The lowest BCUT2D eigenvalue weighted by Crippen LogP contribution is -2.52. The molecule has 2 aromatic carbocycles. The Hall–Kier alpha value is -6.53. The molecule has 0 bridgehead atoms. The topological polar surface area (TPSA) is 137 Å². The number of nitrogens with one attached hydrogen (secondary N) is 1. The Balaban J connectivity index is 0.990. The van der Waals surface area contributed by atoms with E-state index >= 15 is 0 Å². The smallest absolute Gasteiger partial charge is 0.255 e. The number of hydrogen-bond acceptors (Lipinski definition) is 10. The molecule has 294 valence electrons. The van der Waals surface area contributed by atoms with Crippen LogP contribution in [0.3, 0.4) is 0 Å². The molecule has 2 fully saturated rings. The van der Waals surface area contributed by atoms with Gasteiger partial charge < -0.3 is 24.4 Å². The fourth-order valence-electron chi connectivity index (χ4n) is 7.32. The van der Waals surface area contributed by atoms with Crippen molar-refractivity contribution in [3.63, 3.8) is 0 Å². The van der Waals surface area contributed by atoms with Crippen LogP contribution in [0.1, 0.15) is 47.7 Å². The molecule has 0 spiro atoms. The minimum atomic E-state index is -0.669. The first-order valence-electron chi connectivity index (χ1n) is 19.1. The molecule has 1 aromatic heterocycles. The maximum absolute atomic E-state index is 13.0. The van der Waals surface area contributed by atoms with Gasteiger partial charge in [-0.25, -0.2) is 9.97 Å². The van der Waals surface area contributed by atoms with Crippen molar-refractivity contribution < 1.29 is 29.0 Å². The second-order valence-corrected chi connectivity index (χ2v) is 13.7. The quantitative estimate of drug-likeness (QED) is 0.0902. The van der Waals surface area contributed by atoms with E-state index in [0.29, 0.717) is 36.0 Å². The van der Waals surface area contributed by atoms with Crippen LogP contribution < -0.4 is 19.7 Å². The van der Waals surface area contributed by atoms with E-state index in [9.17, 15) is 19.5 Å². The van der Waals surface area contributed by atoms with E-state index in [1.54, 1.807) is 48.8 Å². The number of fused-ring (bicyclic) bond motifs is 1. The zero-order chi connectivity index (χ0) is 40.3. The molecule has 3 aliphatic heterocycles. The highest BCUT2D eigenvalue weighted by Crippen LogP contribution is 2.35. The van der Waals surface area contributed by atoms with Crippen molar-refractivity contribution >= 4 is 29.2 Å². The van der Waals surface area contributed by atoms with E-state index in [2.05, 4.69) is 51.7 Å². The van der Waals surface area contributed by atoms with Gasteiger partial charge in [-0.1, -0.05) is 69.2 Å². The van der Waals surface area contributed by atoms with Gasteiger partial charge in [-0.05, 0) is 82.7 Å². The lowest BCUT2D eigenvalue weighted by atomic mass is 9.87. The van der Waals surface area contributed by atoms with Crippen LogP contribution in [0.2, 0.25) is 0 Å². The standard InChI is InChI=1S/C45H48N6O6/c1-5-10-31(6-2)38(8-4)42(32(7-3)11-9-25-52)33-12-14-35(15-13-33)56-26-24-49-20-22-50(23-21-49)45-46-28-37(29-47-45)57-36-16-17-39-34(27-36)30-51(44(39)55)40-18-19-41(53)48-43(40)54/h5-7,9-17,25,27-29,40,52H,1-3,8,18-24,26,30H2,4H3,(H,48,53,54)/b25-9+,31-10+,32-11+,42-38-. The number of aliphatic hydroxyl groups excluding tert-OH is 1. The average molecular weight is 769 g/mol. The first kappa shape index (κ1) is 40.1. The van der Waals surface area contributed by atoms with E-state index in [4.69, 9.17) is 9.47 Å². The number of hydrogen-bond donors (Lipinski definition) is 2. The molecule has 6 rings (SSSR count). The zero-order valence-corrected chi connectivity index (χ0v) is 32.2. The van der Waals surface area contributed by atoms with Gasteiger partial charge in [-0.3, -0.25) is 24.6 Å². The average Bonchev–Trinajstić information content (AvgIpc) is 3.55. The molecular formula is C45H48N6O6. The number of nitrogens with zero attached hydrogens (tertiary/aromatic N) is 5. The summed E-state index contributed by atoms with van der Waals surface area (Å²) in [7, 11) is 0. The van der Waals surface area contributed by atoms with Gasteiger partial charge in [0.05, 0.1) is 18.7 Å². The van der Waals surface area contributed by atoms with E-state index in [1.807, 2.05) is 42.5 Å². The van der Waals surface area contributed by atoms with Crippen LogP contribution in [-0.2, 0) is 16.1 Å². The van der Waals surface area contributed by atoms with Crippen LogP contribution in [0.25, 0.3) is 5.57 Å². The number of piperazine rings is 1. The number of imide groups is 1. The number of aromatic nitrogens is 2. The Morgan fingerprint density at radius 1 is 0.930 bits per heavy atom. The van der Waals surface area contributed by atoms with Gasteiger partial charge in [0.1, 0.15) is 24.1 Å². The number of carbonyl (C=O) groups is 3. The van der Waals surface area contributed by atoms with E-state index in [0.717, 1.165) is 84.6 Å². The molecule has 0 radical (unpaired) electrons. The van der Waals surface area contributed by atoms with Crippen molar-refractivity contribution in [2.45, 2.75) is 38.8 Å². The maximum atomic E-state index is 13.0. The SMILES string of the molecule is C=C/C=C(C=C)/C(CC)=C(/C(C=C)=C/C=C/O)c1ccc(OCCN2CCN(c3ncc(Oc4ccc5c(c4)CN(C4CCC(=O)NC4=O)C5=O)cn3)CC2)cc1. The third kappa shape index (κ3) is 9.47. The lowest BCUT2D eigenvalue weighted by Gasteiger charge is -2.34. The monoisotopic (exact) mass is 768 g/mol. The minimum Gasteiger partial charge on any atom is -0.516 e. The van der Waals surface area contributed by atoms with Crippen molar-refractivity contribution in [1.29, 1.82) is 0 Å². The number of aliphatic hydroxyl groups is 1. The summed E-state index contributed by atoms with van der Waals surface area (Å²) in [6.07, 6.45) is 16.3. The number of anilines is 1. The van der Waals surface area contributed by atoms with Crippen LogP contribution in [0.4, 0.5) is 5.95 Å². The van der Waals surface area contributed by atoms with Gasteiger partial charge >= 0.3 is 0 Å². The summed E-state index contributed by atoms with van der Waals surface area (Å²) >= 11 is 0. The van der Waals surface area contributed by atoms with Crippen molar-refractivity contribution in [1.82, 2.24) is 25.1 Å². The molecule has 0 saturated carbocycles. The summed E-state index contributed by atoms with van der Waals surface area (Å²) in [6.45, 7) is 18.8. The zero-order valence-electron chi connectivity index (χ0n) is 32.2. The number of allylic oxidation sites excluding steroid dienone is 10. The number of carbonyl (C=O) groups excluding carboxylic acids is 3. The lowest BCUT2D eigenvalue weighted by molar-refractivity contribution is -0.136. The highest BCUT2D eigenvalue weighted by molar-refractivity contribution is 6.05. The number of benzene rings is 2. The molecule has 1 atom stereocenters. The first-order chi connectivity index (χ1) is 27.8. The summed E-state index contributed by atoms with van der Waals surface area (Å²) in [5.41, 5.74) is 6.19. The number of amides is 3. The predicted molar refractivity (Wildman–Crippen MR) is 221 cm³/mol. The number of ether oxygens (including phenoxy) is 2. The van der Waals surface area contributed by atoms with Crippen LogP contribution in [0, 0.1) is 0 Å². The first-order valence-corrected chi connectivity index (χ1v) is 19.1. The highest BCUT2D eigenvalue weighted by atomic mass is 16.5. The summed E-state index contributed by atoms with van der Waals surface area (Å²) < 4.78 is 12.2. The molecule has 1 unspecified atom stereocenters. The normalized spacial score (nSPS) is 18.3. The Bertz CT molecular complexity index is 2130. The van der Waals surface area contributed by atoms with Crippen molar-refractivity contribution in [3.05, 3.63) is 151 Å². The fraction of sp³-hybridized carbons (Fsp3) is 0.267. The van der Waals surface area contributed by atoms with Crippen LogP contribution in [0.5, 0.6) is 17.2 Å². The van der Waals surface area contributed by atoms with Gasteiger partial charge in [0.25, 0.3) is 5.91 Å². The molecule has 12 heteroatoms. The third-order valence-electron chi connectivity index (χ3n) is 10.2. The molecule has 2 saturated heterocycles. The minimum absolute atomic E-state index is 0.207. The molecule has 12 nitrogen and oxygen atoms in total. The summed E-state index contributed by atoms with van der Waals surface area (Å²) in [6, 6.07) is 12.6. The number of rotatable bonds is 16. The number of piperidine rings is 1. The van der Waals surface area contributed by atoms with Gasteiger partial charge in [0, 0.05) is 51.3 Å². The molecule has 4 heterocycles. The Labute approximate surface area is 333 Å². The van der Waals surface area contributed by atoms with E-state index in [1.165, 1.54) is 4.90 Å². The van der Waals surface area contributed by atoms with E-state index in [-0.39, 0.29) is 24.8 Å². The molecule has 2 N–H and O–H groups in total. The van der Waals surface area contributed by atoms with Crippen LogP contribution >= 0.6 is 0 Å². The fourth-order valence-corrected chi connectivity index (χ4v) is 7.32. The predicted octanol–water partition coefficient (Wildman–Crippen LogP) is 6.88. The largest absolute Gasteiger partial charge is 0.516 e. The second kappa shape index (κ2) is 18.9. The van der Waals surface area contributed by atoms with Gasteiger partial charge in [0.2, 0.25) is 17.8 Å². The van der Waals surface area contributed by atoms with Gasteiger partial charge in [-0.2, -0.15) is 0 Å². The van der Waals surface area contributed by atoms with Gasteiger partial charge in [0.15, 0.2) is 5.75 Å². The molecule has 3 amide bonds. The molecule has 57 heavy (non-hydrogen) atoms. The third-order valence-corrected chi connectivity index (χ3v) is 10.2. The Morgan fingerprint density at radius 3 is 2.30 bits per heavy atom. The molecule has 3 aromatic rings. The molecular weight excluding hydrogens is 721 g/mol. The van der Waals surface area contributed by atoms with Crippen molar-refractivity contribution in [2.24, 2.45) is 0 Å². The summed E-state index contributed by atoms with van der Waals surface area (Å²) in [5, 5.41) is 11.7. The highest BCUT2D eigenvalue weighted by Gasteiger charge is 2.39. The summed E-state index contributed by atoms with van der Waals surface area (Å²) in [5.74, 6) is 1.42. The Morgan fingerprint density at radius 2 is 1.65 bits per heavy atom. The van der Waals surface area contributed by atoms with Crippen molar-refractivity contribution in [2.75, 3.05) is 44.2 Å². The Kier molecular flexibility index (Phi) is 13.3. The molecule has 0 aliphatic carbocycles. The van der Waals surface area contributed by atoms with Crippen LogP contribution in [0.15, 0.2) is 134 Å². The molecule has 3 aliphatic rings. The second-order valence-electron chi connectivity index (χ2n) is 13.7. The van der Waals surface area contributed by atoms with Crippen molar-refractivity contribution in [3.8, 4) is 17.2 Å². The van der Waals surface area contributed by atoms with E-state index < -0.39 is 11.9 Å². The summed E-state index contributed by atoms with van der Waals surface area (Å²) in [4.78, 5) is 52.1. The maximum Gasteiger partial charge on any atom is 0.255 e.